The molecule has 0 spiro atoms. The molecule has 0 heterocycles. The van der Waals surface area contributed by atoms with Gasteiger partial charge in [-0.3, -0.25) is 4.79 Å². The van der Waals surface area contributed by atoms with Crippen molar-refractivity contribution < 1.29 is 4.79 Å². The summed E-state index contributed by atoms with van der Waals surface area (Å²) >= 11 is 2.97. The van der Waals surface area contributed by atoms with E-state index in [4.69, 9.17) is 0 Å². The molecular formula is C8H13BrO. The molecule has 1 aliphatic carbocycles. The lowest BCUT2D eigenvalue weighted by atomic mass is 9.87. The Hall–Kier alpha value is 0.150. The first-order valence-electron chi connectivity index (χ1n) is 3.97. The first-order chi connectivity index (χ1) is 4.79. The first-order valence-corrected chi connectivity index (χ1v) is 4.76. The number of hydrogen-bond acceptors (Lipinski definition) is 1. The van der Waals surface area contributed by atoms with Gasteiger partial charge in [0.15, 0.2) is 4.69 Å². The van der Waals surface area contributed by atoms with Gasteiger partial charge in [-0.05, 0) is 34.7 Å². The van der Waals surface area contributed by atoms with E-state index in [1.54, 1.807) is 0 Å². The van der Waals surface area contributed by atoms with E-state index in [1.807, 2.05) is 0 Å². The molecule has 0 saturated heterocycles. The number of halogens is 1. The average Bonchev–Trinajstić information content (AvgIpc) is 1.88. The zero-order chi connectivity index (χ0) is 7.40. The molecule has 0 atom stereocenters. The van der Waals surface area contributed by atoms with E-state index in [2.05, 4.69) is 15.9 Å². The van der Waals surface area contributed by atoms with Crippen LogP contribution in [-0.2, 0) is 4.79 Å². The second-order valence-electron chi connectivity index (χ2n) is 3.06. The van der Waals surface area contributed by atoms with Crippen LogP contribution in [0.1, 0.15) is 38.5 Å². The van der Waals surface area contributed by atoms with Crippen LogP contribution in [0.3, 0.4) is 0 Å². The van der Waals surface area contributed by atoms with Gasteiger partial charge in [-0.25, -0.2) is 0 Å². The van der Waals surface area contributed by atoms with Crippen LogP contribution in [0.15, 0.2) is 0 Å². The Kier molecular flexibility index (Phi) is 3.40. The molecule has 0 aromatic heterocycles. The highest BCUT2D eigenvalue weighted by Crippen LogP contribution is 2.26. The quantitative estimate of drug-likeness (QED) is 0.633. The van der Waals surface area contributed by atoms with E-state index < -0.39 is 0 Å². The van der Waals surface area contributed by atoms with Crippen LogP contribution in [0.5, 0.6) is 0 Å². The molecule has 0 bridgehead atoms. The van der Waals surface area contributed by atoms with Crippen LogP contribution in [0, 0.1) is 5.92 Å². The van der Waals surface area contributed by atoms with Crippen LogP contribution in [0.4, 0.5) is 0 Å². The number of hydrogen-bond donors (Lipinski definition) is 0. The fourth-order valence-electron chi connectivity index (χ4n) is 1.62. The summed E-state index contributed by atoms with van der Waals surface area (Å²) in [5.41, 5.74) is 0. The van der Waals surface area contributed by atoms with E-state index in [0.29, 0.717) is 5.92 Å². The molecule has 2 heteroatoms. The monoisotopic (exact) mass is 204 g/mol. The summed E-state index contributed by atoms with van der Waals surface area (Å²) in [5.74, 6) is 0.681. The van der Waals surface area contributed by atoms with Gasteiger partial charge >= 0.3 is 0 Å². The Morgan fingerprint density at radius 2 is 1.90 bits per heavy atom. The summed E-state index contributed by atoms with van der Waals surface area (Å²) in [5, 5.41) is 0. The average molecular weight is 205 g/mol. The van der Waals surface area contributed by atoms with E-state index in [0.717, 1.165) is 6.42 Å². The van der Waals surface area contributed by atoms with Crippen LogP contribution >= 0.6 is 15.9 Å². The highest BCUT2D eigenvalue weighted by molar-refractivity contribution is 9.18. The van der Waals surface area contributed by atoms with Crippen molar-refractivity contribution in [2.45, 2.75) is 38.5 Å². The molecule has 0 aromatic carbocycles. The molecule has 0 aliphatic heterocycles. The lowest BCUT2D eigenvalue weighted by Crippen LogP contribution is -2.08. The Bertz CT molecular complexity index is 116. The van der Waals surface area contributed by atoms with Crippen molar-refractivity contribution in [2.24, 2.45) is 5.92 Å². The third-order valence-electron chi connectivity index (χ3n) is 2.17. The normalized spacial score (nSPS) is 20.9. The minimum atomic E-state index is 0.180. The third kappa shape index (κ3) is 2.82. The first kappa shape index (κ1) is 8.25. The summed E-state index contributed by atoms with van der Waals surface area (Å²) in [6.07, 6.45) is 7.29. The molecule has 10 heavy (non-hydrogen) atoms. The lowest BCUT2D eigenvalue weighted by molar-refractivity contribution is -0.111. The summed E-state index contributed by atoms with van der Waals surface area (Å²) in [6, 6.07) is 0. The van der Waals surface area contributed by atoms with Crippen LogP contribution in [-0.4, -0.2) is 4.69 Å². The minimum Gasteiger partial charge on any atom is -0.287 e. The summed E-state index contributed by atoms with van der Waals surface area (Å²) in [7, 11) is 0. The number of carbonyl (C=O) groups is 1. The van der Waals surface area contributed by atoms with Crippen LogP contribution < -0.4 is 0 Å². The van der Waals surface area contributed by atoms with Crippen LogP contribution in [0.2, 0.25) is 0 Å². The zero-order valence-corrected chi connectivity index (χ0v) is 7.69. The van der Waals surface area contributed by atoms with Gasteiger partial charge < -0.3 is 0 Å². The third-order valence-corrected chi connectivity index (χ3v) is 2.50. The Morgan fingerprint density at radius 1 is 1.30 bits per heavy atom. The standard InChI is InChI=1S/C8H13BrO/c9-8(10)6-7-4-2-1-3-5-7/h7H,1-6H2. The highest BCUT2D eigenvalue weighted by atomic mass is 79.9. The van der Waals surface area contributed by atoms with Crippen LogP contribution in [0.25, 0.3) is 0 Å². The fourth-order valence-corrected chi connectivity index (χ4v) is 2.08. The number of carbonyl (C=O) groups excluding carboxylic acids is 1. The maximum atomic E-state index is 10.6. The molecular weight excluding hydrogens is 192 g/mol. The fraction of sp³-hybridized carbons (Fsp3) is 0.875. The van der Waals surface area contributed by atoms with Crippen molar-refractivity contribution in [1.29, 1.82) is 0 Å². The van der Waals surface area contributed by atoms with Crippen molar-refractivity contribution >= 4 is 20.6 Å². The Labute approximate surface area is 70.3 Å². The second-order valence-corrected chi connectivity index (χ2v) is 3.95. The molecule has 1 aliphatic rings. The molecule has 0 aromatic rings. The van der Waals surface area contributed by atoms with Gasteiger partial charge in [-0.2, -0.15) is 0 Å². The van der Waals surface area contributed by atoms with E-state index in [-0.39, 0.29) is 4.69 Å². The Morgan fingerprint density at radius 3 is 2.40 bits per heavy atom. The topological polar surface area (TPSA) is 17.1 Å². The van der Waals surface area contributed by atoms with Crippen molar-refractivity contribution in [3.63, 3.8) is 0 Å². The molecule has 1 nitrogen and oxygen atoms in total. The SMILES string of the molecule is O=C(Br)CC1CCCCC1. The molecule has 0 radical (unpaired) electrons. The summed E-state index contributed by atoms with van der Waals surface area (Å²) < 4.78 is 0.180. The maximum absolute atomic E-state index is 10.6. The van der Waals surface area contributed by atoms with E-state index in [1.165, 1.54) is 32.1 Å². The van der Waals surface area contributed by atoms with Gasteiger partial charge in [0.05, 0.1) is 0 Å². The van der Waals surface area contributed by atoms with Gasteiger partial charge in [0.2, 0.25) is 0 Å². The molecule has 1 rings (SSSR count). The smallest absolute Gasteiger partial charge is 0.198 e. The maximum Gasteiger partial charge on any atom is 0.198 e. The van der Waals surface area contributed by atoms with Crippen molar-refractivity contribution in [1.82, 2.24) is 0 Å². The van der Waals surface area contributed by atoms with Crippen molar-refractivity contribution in [3.05, 3.63) is 0 Å². The molecule has 0 unspecified atom stereocenters. The molecule has 0 N–H and O–H groups in total. The van der Waals surface area contributed by atoms with Crippen molar-refractivity contribution in [2.75, 3.05) is 0 Å². The predicted octanol–water partition coefficient (Wildman–Crippen LogP) is 2.88. The second kappa shape index (κ2) is 4.12. The molecule has 58 valence electrons. The van der Waals surface area contributed by atoms with Gasteiger partial charge in [0.1, 0.15) is 0 Å². The van der Waals surface area contributed by atoms with Crippen molar-refractivity contribution in [3.8, 4) is 0 Å². The van der Waals surface area contributed by atoms with Gasteiger partial charge in [-0.15, -0.1) is 0 Å². The largest absolute Gasteiger partial charge is 0.287 e. The predicted molar refractivity (Wildman–Crippen MR) is 45.1 cm³/mol. The number of rotatable bonds is 2. The minimum absolute atomic E-state index is 0.180. The lowest BCUT2D eigenvalue weighted by Gasteiger charge is -2.19. The highest BCUT2D eigenvalue weighted by Gasteiger charge is 2.14. The Balaban J connectivity index is 2.19. The van der Waals surface area contributed by atoms with E-state index in [9.17, 15) is 4.79 Å². The van der Waals surface area contributed by atoms with Gasteiger partial charge in [0, 0.05) is 6.42 Å². The van der Waals surface area contributed by atoms with Gasteiger partial charge in [-0.1, -0.05) is 19.3 Å². The summed E-state index contributed by atoms with van der Waals surface area (Å²) in [6.45, 7) is 0. The van der Waals surface area contributed by atoms with Gasteiger partial charge in [0.25, 0.3) is 0 Å². The molecule has 0 amide bonds. The van der Waals surface area contributed by atoms with E-state index >= 15 is 0 Å². The molecule has 1 fully saturated rings. The molecule has 1 saturated carbocycles. The summed E-state index contributed by atoms with van der Waals surface area (Å²) in [4.78, 5) is 10.6. The zero-order valence-electron chi connectivity index (χ0n) is 6.11.